The average molecular weight is 336 g/mol. The summed E-state index contributed by atoms with van der Waals surface area (Å²) in [5.41, 5.74) is 1.10. The van der Waals surface area contributed by atoms with E-state index >= 15 is 0 Å². The van der Waals surface area contributed by atoms with Gasteiger partial charge in [-0.25, -0.2) is 4.98 Å². The van der Waals surface area contributed by atoms with Crippen LogP contribution in [-0.4, -0.2) is 32.1 Å². The summed E-state index contributed by atoms with van der Waals surface area (Å²) < 4.78 is 5.03. The summed E-state index contributed by atoms with van der Waals surface area (Å²) in [7, 11) is 5.15. The van der Waals surface area contributed by atoms with Gasteiger partial charge in [0.05, 0.1) is 7.11 Å². The number of hydrogen-bond acceptors (Lipinski definition) is 3. The molecule has 16 heavy (non-hydrogen) atoms. The topological polar surface area (TPSA) is 58.5 Å². The quantitative estimate of drug-likeness (QED) is 0.491. The molecule has 0 aliphatic carbocycles. The van der Waals surface area contributed by atoms with Gasteiger partial charge in [-0.2, -0.15) is 0 Å². The number of rotatable bonds is 3. The molecule has 0 unspecified atom stereocenters. The van der Waals surface area contributed by atoms with Gasteiger partial charge in [-0.05, 0) is 11.6 Å². The van der Waals surface area contributed by atoms with Crippen molar-refractivity contribution in [3.05, 3.63) is 23.9 Å². The van der Waals surface area contributed by atoms with Crippen molar-refractivity contribution in [1.29, 1.82) is 0 Å². The number of nitrogens with zero attached hydrogens (tertiary/aromatic N) is 2. The highest BCUT2D eigenvalue weighted by Gasteiger charge is 1.98. The third-order valence-electron chi connectivity index (χ3n) is 1.93. The summed E-state index contributed by atoms with van der Waals surface area (Å²) in [6.07, 6.45) is 1.72. The minimum atomic E-state index is 0. The van der Waals surface area contributed by atoms with Gasteiger partial charge in [0.1, 0.15) is 0 Å². The molecule has 5 nitrogen and oxygen atoms in total. The van der Waals surface area contributed by atoms with Gasteiger partial charge in [0.2, 0.25) is 5.88 Å². The number of aromatic nitrogens is 1. The number of aliphatic imine (C=N–C) groups is 1. The van der Waals surface area contributed by atoms with E-state index in [0.717, 1.165) is 11.5 Å². The molecule has 0 radical (unpaired) electrons. The second-order valence-electron chi connectivity index (χ2n) is 2.88. The second kappa shape index (κ2) is 8.14. The minimum absolute atomic E-state index is 0. The van der Waals surface area contributed by atoms with Crippen LogP contribution in [0, 0.1) is 0 Å². The van der Waals surface area contributed by atoms with E-state index in [4.69, 9.17) is 4.74 Å². The van der Waals surface area contributed by atoms with Crippen molar-refractivity contribution in [3.63, 3.8) is 0 Å². The van der Waals surface area contributed by atoms with Crippen LogP contribution in [0.3, 0.4) is 0 Å². The Morgan fingerprint density at radius 1 is 1.56 bits per heavy atom. The summed E-state index contributed by atoms with van der Waals surface area (Å²) >= 11 is 0. The van der Waals surface area contributed by atoms with Crippen molar-refractivity contribution in [2.24, 2.45) is 4.99 Å². The van der Waals surface area contributed by atoms with E-state index < -0.39 is 0 Å². The van der Waals surface area contributed by atoms with Crippen LogP contribution in [0.2, 0.25) is 0 Å². The minimum Gasteiger partial charge on any atom is -0.481 e. The van der Waals surface area contributed by atoms with Crippen LogP contribution in [0.1, 0.15) is 5.56 Å². The number of guanidine groups is 1. The molecule has 2 N–H and O–H groups in total. The molecular weight excluding hydrogens is 319 g/mol. The van der Waals surface area contributed by atoms with Crippen LogP contribution in [0.5, 0.6) is 5.88 Å². The molecule has 0 aromatic carbocycles. The Kier molecular flexibility index (Phi) is 7.61. The molecule has 0 amide bonds. The summed E-state index contributed by atoms with van der Waals surface area (Å²) in [4.78, 5) is 8.04. The number of pyridine rings is 1. The maximum absolute atomic E-state index is 5.03. The smallest absolute Gasteiger partial charge is 0.213 e. The standard InChI is InChI=1S/C10H16N4O.HI/c1-11-10(12-2)14-7-8-4-5-13-9(6-8)15-3;/h4-6H,7H2,1-3H3,(H2,11,12,14);1H. The van der Waals surface area contributed by atoms with E-state index in [9.17, 15) is 0 Å². The van der Waals surface area contributed by atoms with Crippen molar-refractivity contribution in [2.75, 3.05) is 21.2 Å². The number of ether oxygens (including phenoxy) is 1. The average Bonchev–Trinajstić information content (AvgIpc) is 2.31. The third kappa shape index (κ3) is 4.65. The molecule has 1 aromatic heterocycles. The maximum Gasteiger partial charge on any atom is 0.213 e. The Morgan fingerprint density at radius 2 is 2.31 bits per heavy atom. The van der Waals surface area contributed by atoms with Crippen LogP contribution in [0.4, 0.5) is 0 Å². The molecule has 0 fully saturated rings. The van der Waals surface area contributed by atoms with Crippen molar-refractivity contribution in [1.82, 2.24) is 15.6 Å². The SMILES string of the molecule is CN=C(NC)NCc1ccnc(OC)c1.I. The lowest BCUT2D eigenvalue weighted by Crippen LogP contribution is -2.34. The van der Waals surface area contributed by atoms with E-state index in [2.05, 4.69) is 20.6 Å². The van der Waals surface area contributed by atoms with Gasteiger partial charge in [0, 0.05) is 32.9 Å². The molecule has 90 valence electrons. The first-order valence-corrected chi connectivity index (χ1v) is 4.67. The lowest BCUT2D eigenvalue weighted by Gasteiger charge is -2.08. The fraction of sp³-hybridized carbons (Fsp3) is 0.400. The Balaban J connectivity index is 0.00000225. The van der Waals surface area contributed by atoms with E-state index in [1.807, 2.05) is 19.2 Å². The lowest BCUT2D eigenvalue weighted by atomic mass is 10.2. The third-order valence-corrected chi connectivity index (χ3v) is 1.93. The zero-order valence-corrected chi connectivity index (χ0v) is 12.0. The monoisotopic (exact) mass is 336 g/mol. The Labute approximate surface area is 113 Å². The van der Waals surface area contributed by atoms with Gasteiger partial charge in [-0.1, -0.05) is 0 Å². The number of hydrogen-bond donors (Lipinski definition) is 2. The molecule has 1 aromatic rings. The van der Waals surface area contributed by atoms with E-state index in [-0.39, 0.29) is 24.0 Å². The highest BCUT2D eigenvalue weighted by atomic mass is 127. The molecule has 1 rings (SSSR count). The highest BCUT2D eigenvalue weighted by molar-refractivity contribution is 14.0. The zero-order valence-electron chi connectivity index (χ0n) is 9.65. The van der Waals surface area contributed by atoms with Crippen molar-refractivity contribution < 1.29 is 4.74 Å². The Bertz CT molecular complexity index is 343. The van der Waals surface area contributed by atoms with Crippen LogP contribution in [-0.2, 0) is 6.54 Å². The first-order chi connectivity index (χ1) is 7.30. The fourth-order valence-corrected chi connectivity index (χ4v) is 1.14. The zero-order chi connectivity index (χ0) is 11.1. The highest BCUT2D eigenvalue weighted by Crippen LogP contribution is 2.07. The van der Waals surface area contributed by atoms with Crippen LogP contribution in [0.15, 0.2) is 23.3 Å². The molecule has 0 atom stereocenters. The second-order valence-corrected chi connectivity index (χ2v) is 2.88. The normalized spacial score (nSPS) is 10.3. The molecular formula is C10H17IN4O. The van der Waals surface area contributed by atoms with Gasteiger partial charge in [-0.3, -0.25) is 4.99 Å². The van der Waals surface area contributed by atoms with Crippen molar-refractivity contribution in [2.45, 2.75) is 6.54 Å². The van der Waals surface area contributed by atoms with Crippen LogP contribution in [0.25, 0.3) is 0 Å². The fourth-order valence-electron chi connectivity index (χ4n) is 1.14. The largest absolute Gasteiger partial charge is 0.481 e. The van der Waals surface area contributed by atoms with Gasteiger partial charge in [-0.15, -0.1) is 24.0 Å². The van der Waals surface area contributed by atoms with E-state index in [1.165, 1.54) is 0 Å². The van der Waals surface area contributed by atoms with Gasteiger partial charge in [0.25, 0.3) is 0 Å². The van der Waals surface area contributed by atoms with Gasteiger partial charge < -0.3 is 15.4 Å². The first kappa shape index (κ1) is 14.9. The number of methoxy groups -OCH3 is 1. The molecule has 0 saturated carbocycles. The first-order valence-electron chi connectivity index (χ1n) is 4.67. The summed E-state index contributed by atoms with van der Waals surface area (Å²) in [5.74, 6) is 1.37. The van der Waals surface area contributed by atoms with Crippen molar-refractivity contribution >= 4 is 29.9 Å². The Hall–Kier alpha value is -1.05. The Morgan fingerprint density at radius 3 is 2.88 bits per heavy atom. The van der Waals surface area contributed by atoms with Gasteiger partial charge >= 0.3 is 0 Å². The summed E-state index contributed by atoms with van der Waals surface area (Å²) in [5, 5.41) is 6.08. The molecule has 6 heteroatoms. The molecule has 0 bridgehead atoms. The maximum atomic E-state index is 5.03. The summed E-state index contributed by atoms with van der Waals surface area (Å²) in [6, 6.07) is 3.81. The molecule has 0 spiro atoms. The van der Waals surface area contributed by atoms with Crippen LogP contribution < -0.4 is 15.4 Å². The predicted molar refractivity (Wildman–Crippen MR) is 75.5 cm³/mol. The molecule has 0 aliphatic rings. The predicted octanol–water partition coefficient (Wildman–Crippen LogP) is 1.00. The number of nitrogens with one attached hydrogen (secondary N) is 2. The van der Waals surface area contributed by atoms with Crippen LogP contribution >= 0.6 is 24.0 Å². The lowest BCUT2D eigenvalue weighted by molar-refractivity contribution is 0.397. The molecule has 0 aliphatic heterocycles. The van der Waals surface area contributed by atoms with Crippen molar-refractivity contribution in [3.8, 4) is 5.88 Å². The molecule has 0 saturated heterocycles. The molecule has 1 heterocycles. The van der Waals surface area contributed by atoms with Gasteiger partial charge in [0.15, 0.2) is 5.96 Å². The number of halogens is 1. The van der Waals surface area contributed by atoms with E-state index in [1.54, 1.807) is 20.4 Å². The van der Waals surface area contributed by atoms with E-state index in [0.29, 0.717) is 12.4 Å². The summed E-state index contributed by atoms with van der Waals surface area (Å²) in [6.45, 7) is 0.687.